The molecule has 21 heavy (non-hydrogen) atoms. The number of anilines is 1. The van der Waals surface area contributed by atoms with Crippen LogP contribution in [-0.2, 0) is 4.74 Å². The topological polar surface area (TPSA) is 61.9 Å². The molecular weight excluding hydrogens is 270 g/mol. The highest BCUT2D eigenvalue weighted by molar-refractivity contribution is 5.98. The van der Waals surface area contributed by atoms with Crippen molar-refractivity contribution < 1.29 is 14.3 Å². The molecule has 0 radical (unpaired) electrons. The van der Waals surface area contributed by atoms with E-state index in [4.69, 9.17) is 4.74 Å². The van der Waals surface area contributed by atoms with E-state index < -0.39 is 0 Å². The van der Waals surface area contributed by atoms with Gasteiger partial charge < -0.3 is 15.0 Å². The molecule has 2 fully saturated rings. The van der Waals surface area contributed by atoms with Gasteiger partial charge >= 0.3 is 6.03 Å². The van der Waals surface area contributed by atoms with E-state index in [9.17, 15) is 9.59 Å². The van der Waals surface area contributed by atoms with Gasteiger partial charge in [-0.3, -0.25) is 9.69 Å². The van der Waals surface area contributed by atoms with Gasteiger partial charge in [0.25, 0.3) is 5.91 Å². The van der Waals surface area contributed by atoms with E-state index in [2.05, 4.69) is 5.32 Å². The second kappa shape index (κ2) is 5.73. The van der Waals surface area contributed by atoms with Crippen molar-refractivity contribution in [2.45, 2.75) is 13.0 Å². The summed E-state index contributed by atoms with van der Waals surface area (Å²) in [6, 6.07) is 7.21. The molecule has 6 nitrogen and oxygen atoms in total. The van der Waals surface area contributed by atoms with Gasteiger partial charge in [0.15, 0.2) is 0 Å². The molecule has 0 bridgehead atoms. The molecule has 0 unspecified atom stereocenters. The van der Waals surface area contributed by atoms with Gasteiger partial charge in [0.2, 0.25) is 0 Å². The number of benzene rings is 1. The van der Waals surface area contributed by atoms with Crippen LogP contribution >= 0.6 is 0 Å². The Kier molecular flexibility index (Phi) is 3.79. The highest BCUT2D eigenvalue weighted by Crippen LogP contribution is 2.20. The van der Waals surface area contributed by atoms with Crippen LogP contribution in [0.2, 0.25) is 0 Å². The standard InChI is InChI=1S/C15H19N3O3/c1-11-10-21-8-7-17(11)14(19)12-3-2-4-13(9-12)18-6-5-16-15(18)20/h2-4,9,11H,5-8,10H2,1H3,(H,16,20)/t11-/m1/s1. The molecule has 1 N–H and O–H groups in total. The number of carbonyl (C=O) groups is 2. The summed E-state index contributed by atoms with van der Waals surface area (Å²) < 4.78 is 5.36. The van der Waals surface area contributed by atoms with Crippen LogP contribution in [-0.4, -0.2) is 55.7 Å². The molecule has 2 aliphatic rings. The summed E-state index contributed by atoms with van der Waals surface area (Å²) in [6.07, 6.45) is 0. The van der Waals surface area contributed by atoms with E-state index in [0.717, 1.165) is 5.69 Å². The van der Waals surface area contributed by atoms with Crippen LogP contribution in [0.25, 0.3) is 0 Å². The third-order valence-electron chi connectivity index (χ3n) is 3.89. The van der Waals surface area contributed by atoms with Crippen molar-refractivity contribution in [3.05, 3.63) is 29.8 Å². The number of amides is 3. The molecule has 6 heteroatoms. The Labute approximate surface area is 123 Å². The summed E-state index contributed by atoms with van der Waals surface area (Å²) in [5.41, 5.74) is 1.37. The van der Waals surface area contributed by atoms with Crippen molar-refractivity contribution in [1.29, 1.82) is 0 Å². The van der Waals surface area contributed by atoms with Crippen LogP contribution in [0.1, 0.15) is 17.3 Å². The Bertz CT molecular complexity index is 561. The molecule has 0 aromatic heterocycles. The van der Waals surface area contributed by atoms with Gasteiger partial charge in [-0.1, -0.05) is 6.07 Å². The lowest BCUT2D eigenvalue weighted by molar-refractivity contribution is 0.00359. The van der Waals surface area contributed by atoms with Gasteiger partial charge in [-0.25, -0.2) is 4.79 Å². The molecule has 1 aromatic rings. The number of urea groups is 1. The fraction of sp³-hybridized carbons (Fsp3) is 0.467. The maximum Gasteiger partial charge on any atom is 0.321 e. The van der Waals surface area contributed by atoms with Gasteiger partial charge in [0.05, 0.1) is 19.3 Å². The minimum atomic E-state index is -0.112. The number of hydrogen-bond acceptors (Lipinski definition) is 3. The predicted molar refractivity (Wildman–Crippen MR) is 78.5 cm³/mol. The Hall–Kier alpha value is -2.08. The van der Waals surface area contributed by atoms with Crippen molar-refractivity contribution in [1.82, 2.24) is 10.2 Å². The SMILES string of the molecule is C[C@@H]1COCCN1C(=O)c1cccc(N2CCNC2=O)c1. The Morgan fingerprint density at radius 1 is 1.38 bits per heavy atom. The summed E-state index contributed by atoms with van der Waals surface area (Å²) in [5.74, 6) is -0.00717. The van der Waals surface area contributed by atoms with E-state index in [-0.39, 0.29) is 18.0 Å². The minimum Gasteiger partial charge on any atom is -0.377 e. The van der Waals surface area contributed by atoms with Gasteiger partial charge in [0.1, 0.15) is 0 Å². The van der Waals surface area contributed by atoms with Crippen LogP contribution < -0.4 is 10.2 Å². The fourth-order valence-corrected chi connectivity index (χ4v) is 2.72. The molecule has 2 heterocycles. The maximum absolute atomic E-state index is 12.6. The molecule has 3 amide bonds. The van der Waals surface area contributed by atoms with Crippen LogP contribution in [0.4, 0.5) is 10.5 Å². The van der Waals surface area contributed by atoms with Crippen LogP contribution in [0.5, 0.6) is 0 Å². The second-order valence-electron chi connectivity index (χ2n) is 5.36. The molecule has 2 aliphatic heterocycles. The van der Waals surface area contributed by atoms with Crippen LogP contribution in [0.3, 0.4) is 0 Å². The van der Waals surface area contributed by atoms with Gasteiger partial charge in [-0.15, -0.1) is 0 Å². The highest BCUT2D eigenvalue weighted by Gasteiger charge is 2.26. The van der Waals surface area contributed by atoms with Crippen molar-refractivity contribution in [3.63, 3.8) is 0 Å². The van der Waals surface area contributed by atoms with Gasteiger partial charge in [0, 0.05) is 30.9 Å². The summed E-state index contributed by atoms with van der Waals surface area (Å²) in [7, 11) is 0. The quantitative estimate of drug-likeness (QED) is 0.886. The van der Waals surface area contributed by atoms with E-state index in [1.807, 2.05) is 24.0 Å². The monoisotopic (exact) mass is 289 g/mol. The Balaban J connectivity index is 1.82. The smallest absolute Gasteiger partial charge is 0.321 e. The zero-order valence-electron chi connectivity index (χ0n) is 12.0. The number of carbonyl (C=O) groups excluding carboxylic acids is 2. The highest BCUT2D eigenvalue weighted by atomic mass is 16.5. The molecular formula is C15H19N3O3. The van der Waals surface area contributed by atoms with Gasteiger partial charge in [-0.2, -0.15) is 0 Å². The predicted octanol–water partition coefficient (Wildman–Crippen LogP) is 1.08. The van der Waals surface area contributed by atoms with Crippen LogP contribution in [0.15, 0.2) is 24.3 Å². The van der Waals surface area contributed by atoms with Crippen molar-refractivity contribution >= 4 is 17.6 Å². The molecule has 112 valence electrons. The maximum atomic E-state index is 12.6. The van der Waals surface area contributed by atoms with Crippen LogP contribution in [0, 0.1) is 0 Å². The molecule has 0 saturated carbocycles. The third-order valence-corrected chi connectivity index (χ3v) is 3.89. The lowest BCUT2D eigenvalue weighted by atomic mass is 10.1. The first-order valence-corrected chi connectivity index (χ1v) is 7.21. The van der Waals surface area contributed by atoms with Crippen molar-refractivity contribution in [2.24, 2.45) is 0 Å². The summed E-state index contributed by atoms with van der Waals surface area (Å²) >= 11 is 0. The number of nitrogens with zero attached hydrogens (tertiary/aromatic N) is 2. The lowest BCUT2D eigenvalue weighted by Gasteiger charge is -2.33. The van der Waals surface area contributed by atoms with E-state index in [0.29, 0.717) is 38.4 Å². The fourth-order valence-electron chi connectivity index (χ4n) is 2.72. The number of hydrogen-bond donors (Lipinski definition) is 1. The average Bonchev–Trinajstić information content (AvgIpc) is 2.93. The Morgan fingerprint density at radius 3 is 2.95 bits per heavy atom. The molecule has 2 saturated heterocycles. The van der Waals surface area contributed by atoms with E-state index >= 15 is 0 Å². The average molecular weight is 289 g/mol. The zero-order valence-corrected chi connectivity index (χ0v) is 12.0. The second-order valence-corrected chi connectivity index (χ2v) is 5.36. The van der Waals surface area contributed by atoms with E-state index in [1.165, 1.54) is 0 Å². The van der Waals surface area contributed by atoms with E-state index in [1.54, 1.807) is 17.0 Å². The number of morpholine rings is 1. The zero-order chi connectivity index (χ0) is 14.8. The largest absolute Gasteiger partial charge is 0.377 e. The summed E-state index contributed by atoms with van der Waals surface area (Å²) in [6.45, 7) is 5.00. The number of rotatable bonds is 2. The first-order chi connectivity index (χ1) is 10.2. The Morgan fingerprint density at radius 2 is 2.24 bits per heavy atom. The van der Waals surface area contributed by atoms with Crippen molar-refractivity contribution in [3.8, 4) is 0 Å². The first-order valence-electron chi connectivity index (χ1n) is 7.21. The number of nitrogens with one attached hydrogen (secondary N) is 1. The minimum absolute atomic E-state index is 0.00717. The normalized spacial score (nSPS) is 22.3. The molecule has 1 aromatic carbocycles. The first kappa shape index (κ1) is 13.9. The molecule has 1 atom stereocenters. The molecule has 3 rings (SSSR count). The van der Waals surface area contributed by atoms with Crippen molar-refractivity contribution in [2.75, 3.05) is 37.7 Å². The molecule has 0 aliphatic carbocycles. The summed E-state index contributed by atoms with van der Waals surface area (Å²) in [4.78, 5) is 27.8. The lowest BCUT2D eigenvalue weighted by Crippen LogP contribution is -2.47. The molecule has 0 spiro atoms. The summed E-state index contributed by atoms with van der Waals surface area (Å²) in [5, 5.41) is 2.76. The van der Waals surface area contributed by atoms with Gasteiger partial charge in [-0.05, 0) is 25.1 Å². The number of ether oxygens (including phenoxy) is 1. The third kappa shape index (κ3) is 2.71.